The second-order valence-electron chi connectivity index (χ2n) is 1.32. The average Bonchev–Trinajstić information content (AvgIpc) is 1.87. The topological polar surface area (TPSA) is 72.5 Å². The number of halogens is 1. The number of amidine groups is 1. The molecule has 4 nitrogen and oxygen atoms in total. The molecule has 0 rings (SSSR count). The molecule has 0 aromatic heterocycles. The largest absolute Gasteiger partial charge is 0.378 e. The molecule has 0 amide bonds. The van der Waals surface area contributed by atoms with Crippen molar-refractivity contribution in [2.24, 2.45) is 10.1 Å². The van der Waals surface area contributed by atoms with Crippen molar-refractivity contribution in [2.75, 3.05) is 10.0 Å². The first-order valence-corrected chi connectivity index (χ1v) is 6.56. The van der Waals surface area contributed by atoms with Gasteiger partial charge < -0.3 is 5.73 Å². The minimum Gasteiger partial charge on any atom is -0.378 e. The van der Waals surface area contributed by atoms with Gasteiger partial charge in [0.05, 0.1) is 0 Å². The zero-order valence-electron chi connectivity index (χ0n) is 5.24. The first kappa shape index (κ1) is 10.5. The summed E-state index contributed by atoms with van der Waals surface area (Å²) >= 11 is 2.83. The highest BCUT2D eigenvalue weighted by Gasteiger charge is 2.04. The fraction of sp³-hybridized carbons (Fsp3) is 0.667. The molecule has 0 aromatic carbocycles. The summed E-state index contributed by atoms with van der Waals surface area (Å²) in [6, 6.07) is 0. The number of nitrogens with two attached hydrogens (primary N) is 1. The van der Waals surface area contributed by atoms with Crippen LogP contribution >= 0.6 is 34.4 Å². The zero-order chi connectivity index (χ0) is 8.20. The quantitative estimate of drug-likeness (QED) is 0.346. The van der Waals surface area contributed by atoms with Crippen LogP contribution in [0.15, 0.2) is 4.40 Å². The van der Waals surface area contributed by atoms with Crippen LogP contribution in [0.25, 0.3) is 0 Å². The van der Waals surface area contributed by atoms with E-state index in [9.17, 15) is 8.42 Å². The van der Waals surface area contributed by atoms with E-state index >= 15 is 0 Å². The molecule has 0 unspecified atom stereocenters. The third-order valence-electron chi connectivity index (χ3n) is 0.576. The molecule has 0 heterocycles. The van der Waals surface area contributed by atoms with Gasteiger partial charge in [-0.3, -0.25) is 0 Å². The van der Waals surface area contributed by atoms with E-state index in [4.69, 9.17) is 5.73 Å². The second kappa shape index (κ2) is 4.39. The Morgan fingerprint density at radius 1 is 1.80 bits per heavy atom. The molecule has 0 radical (unpaired) electrons. The lowest BCUT2D eigenvalue weighted by molar-refractivity contribution is 0.603. The molecule has 0 saturated heterocycles. The van der Waals surface area contributed by atoms with Crippen molar-refractivity contribution in [1.82, 2.24) is 0 Å². The smallest absolute Gasteiger partial charge is 0.264 e. The van der Waals surface area contributed by atoms with Crippen LogP contribution in [0, 0.1) is 0 Å². The molecule has 60 valence electrons. The molecule has 0 bridgehead atoms. The summed E-state index contributed by atoms with van der Waals surface area (Å²) in [7, 11) is -3.30. The number of nitrogens with zero attached hydrogens (tertiary/aromatic N) is 1. The molecule has 0 atom stereocenters. The van der Waals surface area contributed by atoms with Crippen LogP contribution in [0.4, 0.5) is 0 Å². The van der Waals surface area contributed by atoms with Crippen molar-refractivity contribution >= 4 is 49.5 Å². The van der Waals surface area contributed by atoms with Crippen molar-refractivity contribution in [3.8, 4) is 0 Å². The van der Waals surface area contributed by atoms with Gasteiger partial charge in [-0.05, 0) is 6.26 Å². The summed E-state index contributed by atoms with van der Waals surface area (Å²) in [5.74, 6) is 0. The maximum atomic E-state index is 10.7. The fourth-order valence-corrected chi connectivity index (χ4v) is 1.58. The Labute approximate surface area is 77.9 Å². The Kier molecular flexibility index (Phi) is 4.61. The molecule has 0 aliphatic heterocycles. The van der Waals surface area contributed by atoms with Crippen LogP contribution in [-0.4, -0.2) is 23.6 Å². The van der Waals surface area contributed by atoms with E-state index in [0.29, 0.717) is 0 Å². The molecular formula is C3H7IN2O2S2. The van der Waals surface area contributed by atoms with E-state index in [2.05, 4.69) is 4.40 Å². The summed E-state index contributed by atoms with van der Waals surface area (Å²) in [6.07, 6.45) is 1.67. The van der Waals surface area contributed by atoms with Crippen LogP contribution in [0.1, 0.15) is 0 Å². The van der Waals surface area contributed by atoms with Gasteiger partial charge in [0.25, 0.3) is 10.0 Å². The maximum absolute atomic E-state index is 10.7. The van der Waals surface area contributed by atoms with E-state index in [1.807, 2.05) is 0 Å². The molecule has 0 spiro atoms. The lowest BCUT2D eigenvalue weighted by atomic mass is 11.4. The van der Waals surface area contributed by atoms with Crippen LogP contribution < -0.4 is 5.73 Å². The van der Waals surface area contributed by atoms with Gasteiger partial charge in [0, 0.05) is 0 Å². The standard InChI is InChI=1S/C3H7IN2O2S2/c1-9-3(5)6-10(7,8)2-4/h2H2,1H3,(H2,5,6). The predicted octanol–water partition coefficient (Wildman–Crippen LogP) is 0.386. The van der Waals surface area contributed by atoms with Gasteiger partial charge in [-0.15, -0.1) is 4.40 Å². The summed E-state index contributed by atoms with van der Waals surface area (Å²) in [4.78, 5) is 0. The molecule has 10 heavy (non-hydrogen) atoms. The highest BCUT2D eigenvalue weighted by atomic mass is 127. The number of hydrogen-bond acceptors (Lipinski definition) is 3. The molecule has 0 fully saturated rings. The molecule has 2 N–H and O–H groups in total. The van der Waals surface area contributed by atoms with E-state index in [1.165, 1.54) is 0 Å². The van der Waals surface area contributed by atoms with Gasteiger partial charge in [0.1, 0.15) is 3.76 Å². The number of rotatable bonds is 2. The number of sulfonamides is 1. The molecule has 0 aliphatic carbocycles. The lowest BCUT2D eigenvalue weighted by Crippen LogP contribution is -2.09. The van der Waals surface area contributed by atoms with Gasteiger partial charge in [0.2, 0.25) is 0 Å². The van der Waals surface area contributed by atoms with Gasteiger partial charge >= 0.3 is 0 Å². The van der Waals surface area contributed by atoms with E-state index in [-0.39, 0.29) is 8.93 Å². The Morgan fingerprint density at radius 2 is 2.30 bits per heavy atom. The molecular weight excluding hydrogens is 287 g/mol. The Balaban J connectivity index is 4.41. The normalized spacial score (nSPS) is 13.6. The molecule has 0 aliphatic rings. The summed E-state index contributed by atoms with van der Waals surface area (Å²) in [5, 5.41) is 0.0802. The van der Waals surface area contributed by atoms with Crippen LogP contribution in [0.5, 0.6) is 0 Å². The number of alkyl halides is 1. The minimum absolute atomic E-state index is 0.0357. The SMILES string of the molecule is CS/C(N)=N/S(=O)(=O)CI. The third-order valence-corrected chi connectivity index (χ3v) is 4.31. The van der Waals surface area contributed by atoms with Crippen molar-refractivity contribution in [3.05, 3.63) is 0 Å². The number of hydrogen-bond donors (Lipinski definition) is 1. The number of thioether (sulfide) groups is 1. The van der Waals surface area contributed by atoms with Crippen LogP contribution in [0.3, 0.4) is 0 Å². The highest BCUT2D eigenvalue weighted by Crippen LogP contribution is 2.01. The van der Waals surface area contributed by atoms with E-state index in [1.54, 1.807) is 28.8 Å². The van der Waals surface area contributed by atoms with Crippen LogP contribution in [-0.2, 0) is 10.0 Å². The maximum Gasteiger partial charge on any atom is 0.264 e. The molecule has 7 heteroatoms. The Hall–Kier alpha value is 0.500. The zero-order valence-corrected chi connectivity index (χ0v) is 9.03. The molecule has 0 aromatic rings. The summed E-state index contributed by atoms with van der Waals surface area (Å²) in [6.45, 7) is 0. The predicted molar refractivity (Wildman–Crippen MR) is 52.9 cm³/mol. The monoisotopic (exact) mass is 294 g/mol. The van der Waals surface area contributed by atoms with E-state index in [0.717, 1.165) is 11.8 Å². The first-order valence-electron chi connectivity index (χ1n) is 2.20. The summed E-state index contributed by atoms with van der Waals surface area (Å²) < 4.78 is 24.6. The van der Waals surface area contributed by atoms with Gasteiger partial charge in [-0.1, -0.05) is 34.4 Å². The summed E-state index contributed by atoms with van der Waals surface area (Å²) in [5.41, 5.74) is 5.17. The Morgan fingerprint density at radius 3 is 2.60 bits per heavy atom. The lowest BCUT2D eigenvalue weighted by Gasteiger charge is -1.92. The minimum atomic E-state index is -3.30. The van der Waals surface area contributed by atoms with E-state index < -0.39 is 10.0 Å². The van der Waals surface area contributed by atoms with Crippen molar-refractivity contribution < 1.29 is 8.42 Å². The van der Waals surface area contributed by atoms with Gasteiger partial charge in [-0.2, -0.15) is 0 Å². The average molecular weight is 294 g/mol. The Bertz CT molecular complexity index is 223. The fourth-order valence-electron chi connectivity index (χ4n) is 0.199. The third kappa shape index (κ3) is 4.34. The van der Waals surface area contributed by atoms with Crippen molar-refractivity contribution in [1.29, 1.82) is 0 Å². The van der Waals surface area contributed by atoms with Crippen molar-refractivity contribution in [3.63, 3.8) is 0 Å². The highest BCUT2D eigenvalue weighted by molar-refractivity contribution is 14.1. The van der Waals surface area contributed by atoms with Gasteiger partial charge in [0.15, 0.2) is 5.17 Å². The van der Waals surface area contributed by atoms with Crippen LogP contribution in [0.2, 0.25) is 0 Å². The van der Waals surface area contributed by atoms with Crippen molar-refractivity contribution in [2.45, 2.75) is 0 Å². The van der Waals surface area contributed by atoms with Gasteiger partial charge in [-0.25, -0.2) is 8.42 Å². The first-order chi connectivity index (χ1) is 4.52. The molecule has 0 saturated carbocycles. The second-order valence-corrected chi connectivity index (χ2v) is 5.58.